The molecule has 2 fully saturated rings. The highest BCUT2D eigenvalue weighted by atomic mass is 16.2. The van der Waals surface area contributed by atoms with Crippen LogP contribution in [0.4, 0.5) is 0 Å². The van der Waals surface area contributed by atoms with Crippen LogP contribution in [0.5, 0.6) is 0 Å². The predicted molar refractivity (Wildman–Crippen MR) is 73.1 cm³/mol. The molecular weight excluding hydrogens is 222 g/mol. The Morgan fingerprint density at radius 2 is 2.00 bits per heavy atom. The van der Waals surface area contributed by atoms with Crippen molar-refractivity contribution in [3.8, 4) is 0 Å². The van der Waals surface area contributed by atoms with Crippen molar-refractivity contribution < 1.29 is 4.79 Å². The molecule has 1 amide bonds. The van der Waals surface area contributed by atoms with Crippen molar-refractivity contribution in [1.29, 1.82) is 0 Å². The van der Waals surface area contributed by atoms with E-state index in [4.69, 9.17) is 0 Å². The van der Waals surface area contributed by atoms with E-state index in [9.17, 15) is 4.79 Å². The number of hydrogen-bond acceptors (Lipinski definition) is 1. The molecule has 18 heavy (non-hydrogen) atoms. The summed E-state index contributed by atoms with van der Waals surface area (Å²) in [6, 6.07) is 0. The van der Waals surface area contributed by atoms with Crippen LogP contribution in [0.25, 0.3) is 0 Å². The zero-order valence-corrected chi connectivity index (χ0v) is 11.9. The first-order chi connectivity index (χ1) is 8.50. The van der Waals surface area contributed by atoms with Crippen LogP contribution in [0.2, 0.25) is 0 Å². The molecule has 0 aromatic carbocycles. The second-order valence-electron chi connectivity index (χ2n) is 7.18. The van der Waals surface area contributed by atoms with Gasteiger partial charge < -0.3 is 4.90 Å². The van der Waals surface area contributed by atoms with Gasteiger partial charge in [-0.05, 0) is 48.9 Å². The van der Waals surface area contributed by atoms with E-state index in [1.807, 2.05) is 0 Å². The van der Waals surface area contributed by atoms with Gasteiger partial charge in [0.2, 0.25) is 5.91 Å². The summed E-state index contributed by atoms with van der Waals surface area (Å²) < 4.78 is 0. The molecule has 0 spiro atoms. The number of likely N-dealkylation sites (tertiary alicyclic amines) is 1. The molecule has 100 valence electrons. The van der Waals surface area contributed by atoms with Crippen LogP contribution in [-0.2, 0) is 4.79 Å². The average Bonchev–Trinajstić information content (AvgIpc) is 2.38. The van der Waals surface area contributed by atoms with Crippen molar-refractivity contribution in [2.45, 2.75) is 46.5 Å². The first-order valence-electron chi connectivity index (χ1n) is 7.49. The standard InChI is InChI=1S/C16H25NO/c1-11-6-8-17(9-7-11)15(18)13-5-4-12-10-14(13)16(12,2)3/h5,11-12,14H,4,6-10H2,1-3H3. The van der Waals surface area contributed by atoms with Gasteiger partial charge in [0.25, 0.3) is 0 Å². The highest BCUT2D eigenvalue weighted by Gasteiger charge is 2.53. The van der Waals surface area contributed by atoms with Gasteiger partial charge in [0.15, 0.2) is 0 Å². The van der Waals surface area contributed by atoms with Crippen molar-refractivity contribution in [1.82, 2.24) is 4.90 Å². The topological polar surface area (TPSA) is 20.3 Å². The molecule has 0 aromatic rings. The molecule has 4 aliphatic rings. The molecule has 1 saturated carbocycles. The number of fused-ring (bicyclic) bond motifs is 1. The van der Waals surface area contributed by atoms with E-state index in [1.165, 1.54) is 19.3 Å². The van der Waals surface area contributed by atoms with Crippen LogP contribution in [-0.4, -0.2) is 23.9 Å². The van der Waals surface area contributed by atoms with Gasteiger partial charge in [0.05, 0.1) is 0 Å². The van der Waals surface area contributed by atoms with Crippen molar-refractivity contribution in [3.63, 3.8) is 0 Å². The van der Waals surface area contributed by atoms with Gasteiger partial charge in [0, 0.05) is 18.7 Å². The highest BCUT2D eigenvalue weighted by molar-refractivity contribution is 5.94. The molecule has 1 saturated heterocycles. The lowest BCUT2D eigenvalue weighted by Gasteiger charge is -2.56. The quantitative estimate of drug-likeness (QED) is 0.696. The minimum atomic E-state index is 0.345. The van der Waals surface area contributed by atoms with E-state index in [-0.39, 0.29) is 0 Å². The molecule has 2 nitrogen and oxygen atoms in total. The smallest absolute Gasteiger partial charge is 0.249 e. The predicted octanol–water partition coefficient (Wildman–Crippen LogP) is 3.24. The van der Waals surface area contributed by atoms with E-state index < -0.39 is 0 Å². The lowest BCUT2D eigenvalue weighted by atomic mass is 9.48. The van der Waals surface area contributed by atoms with Gasteiger partial charge in [-0.2, -0.15) is 0 Å². The van der Waals surface area contributed by atoms with Gasteiger partial charge >= 0.3 is 0 Å². The van der Waals surface area contributed by atoms with Gasteiger partial charge in [-0.15, -0.1) is 0 Å². The number of rotatable bonds is 1. The molecule has 0 aromatic heterocycles. The van der Waals surface area contributed by atoms with E-state index in [2.05, 4.69) is 31.7 Å². The molecule has 1 aliphatic heterocycles. The molecule has 2 atom stereocenters. The third-order valence-electron chi connectivity index (χ3n) is 5.79. The van der Waals surface area contributed by atoms with Crippen LogP contribution in [0.15, 0.2) is 11.6 Å². The van der Waals surface area contributed by atoms with E-state index >= 15 is 0 Å². The summed E-state index contributed by atoms with van der Waals surface area (Å²) in [7, 11) is 0. The summed E-state index contributed by atoms with van der Waals surface area (Å²) in [6.07, 6.45) is 6.96. The normalized spacial score (nSPS) is 34.8. The fourth-order valence-corrected chi connectivity index (χ4v) is 3.99. The van der Waals surface area contributed by atoms with Gasteiger partial charge in [-0.1, -0.05) is 26.8 Å². The van der Waals surface area contributed by atoms with Crippen molar-refractivity contribution in [3.05, 3.63) is 11.6 Å². The Hall–Kier alpha value is -0.790. The Morgan fingerprint density at radius 1 is 1.33 bits per heavy atom. The Bertz CT molecular complexity index is 388. The van der Waals surface area contributed by atoms with E-state index in [0.29, 0.717) is 17.2 Å². The number of amides is 1. The molecule has 0 radical (unpaired) electrons. The molecule has 1 heterocycles. The first kappa shape index (κ1) is 12.3. The van der Waals surface area contributed by atoms with E-state index in [1.54, 1.807) is 0 Å². The molecule has 3 aliphatic carbocycles. The molecule has 2 bridgehead atoms. The molecular formula is C16H25NO. The largest absolute Gasteiger partial charge is 0.339 e. The average molecular weight is 247 g/mol. The minimum Gasteiger partial charge on any atom is -0.339 e. The zero-order chi connectivity index (χ0) is 12.9. The van der Waals surface area contributed by atoms with Crippen molar-refractivity contribution in [2.75, 3.05) is 13.1 Å². The van der Waals surface area contributed by atoms with Gasteiger partial charge in [-0.25, -0.2) is 0 Å². The fraction of sp³-hybridized carbons (Fsp3) is 0.812. The molecule has 0 N–H and O–H groups in total. The van der Waals surface area contributed by atoms with Crippen LogP contribution < -0.4 is 0 Å². The number of piperidine rings is 1. The lowest BCUT2D eigenvalue weighted by Crippen LogP contribution is -2.52. The Morgan fingerprint density at radius 3 is 2.56 bits per heavy atom. The number of carbonyl (C=O) groups is 1. The molecule has 2 unspecified atom stereocenters. The van der Waals surface area contributed by atoms with Gasteiger partial charge in [0.1, 0.15) is 0 Å². The molecule has 2 heteroatoms. The maximum absolute atomic E-state index is 12.6. The highest BCUT2D eigenvalue weighted by Crippen LogP contribution is 2.59. The van der Waals surface area contributed by atoms with Crippen LogP contribution in [0.1, 0.15) is 46.5 Å². The first-order valence-corrected chi connectivity index (χ1v) is 7.49. The third-order valence-corrected chi connectivity index (χ3v) is 5.79. The number of nitrogens with zero attached hydrogens (tertiary/aromatic N) is 1. The lowest BCUT2D eigenvalue weighted by molar-refractivity contribution is -0.132. The van der Waals surface area contributed by atoms with Crippen LogP contribution >= 0.6 is 0 Å². The second-order valence-corrected chi connectivity index (χ2v) is 7.18. The number of hydrogen-bond donors (Lipinski definition) is 0. The number of allylic oxidation sites excluding steroid dienone is 1. The summed E-state index contributed by atoms with van der Waals surface area (Å²) in [6.45, 7) is 8.90. The summed E-state index contributed by atoms with van der Waals surface area (Å²) in [4.78, 5) is 14.7. The third kappa shape index (κ3) is 1.72. The Balaban J connectivity index is 1.72. The summed E-state index contributed by atoms with van der Waals surface area (Å²) in [5, 5.41) is 0. The van der Waals surface area contributed by atoms with Crippen LogP contribution in [0, 0.1) is 23.2 Å². The minimum absolute atomic E-state index is 0.345. The summed E-state index contributed by atoms with van der Waals surface area (Å²) in [5.41, 5.74) is 1.50. The van der Waals surface area contributed by atoms with Gasteiger partial charge in [-0.3, -0.25) is 4.79 Å². The summed E-state index contributed by atoms with van der Waals surface area (Å²) in [5.74, 6) is 2.49. The Labute approximate surface area is 110 Å². The van der Waals surface area contributed by atoms with E-state index in [0.717, 1.165) is 36.9 Å². The molecule has 4 rings (SSSR count). The SMILES string of the molecule is CC1CCN(C(=O)C2=CCC3CC2C3(C)C)CC1. The second kappa shape index (κ2) is 4.11. The maximum Gasteiger partial charge on any atom is 0.249 e. The van der Waals surface area contributed by atoms with Crippen molar-refractivity contribution >= 4 is 5.91 Å². The summed E-state index contributed by atoms with van der Waals surface area (Å²) >= 11 is 0. The maximum atomic E-state index is 12.6. The van der Waals surface area contributed by atoms with Crippen molar-refractivity contribution in [2.24, 2.45) is 23.2 Å². The monoisotopic (exact) mass is 247 g/mol. The zero-order valence-electron chi connectivity index (χ0n) is 11.9. The Kier molecular flexibility index (Phi) is 2.80. The fourth-order valence-electron chi connectivity index (χ4n) is 3.99. The van der Waals surface area contributed by atoms with Crippen LogP contribution in [0.3, 0.4) is 0 Å². The number of carbonyl (C=O) groups excluding carboxylic acids is 1.